The van der Waals surface area contributed by atoms with Crippen molar-refractivity contribution in [2.75, 3.05) is 7.11 Å². The van der Waals surface area contributed by atoms with Crippen LogP contribution in [-0.4, -0.2) is 17.1 Å². The van der Waals surface area contributed by atoms with Crippen molar-refractivity contribution in [3.63, 3.8) is 0 Å². The van der Waals surface area contributed by atoms with Gasteiger partial charge < -0.3 is 4.74 Å². The summed E-state index contributed by atoms with van der Waals surface area (Å²) in [5.41, 5.74) is 3.66. The molecule has 0 radical (unpaired) electrons. The van der Waals surface area contributed by atoms with Crippen LogP contribution in [0.4, 0.5) is 0 Å². The van der Waals surface area contributed by atoms with Crippen LogP contribution in [0.15, 0.2) is 36.4 Å². The summed E-state index contributed by atoms with van der Waals surface area (Å²) in [5, 5.41) is 8.87. The van der Waals surface area contributed by atoms with Gasteiger partial charge in [0.05, 0.1) is 40.8 Å². The number of hydrogen-bond donors (Lipinski definition) is 0. The minimum absolute atomic E-state index is 0.582. The Labute approximate surface area is 103 Å². The minimum atomic E-state index is 0.582. The van der Waals surface area contributed by atoms with Crippen molar-refractivity contribution in [1.29, 1.82) is 5.26 Å². The summed E-state index contributed by atoms with van der Waals surface area (Å²) >= 11 is 0. The predicted molar refractivity (Wildman–Crippen MR) is 68.3 cm³/mol. The van der Waals surface area contributed by atoms with E-state index in [2.05, 4.69) is 16.0 Å². The molecule has 2 aromatic carbocycles. The van der Waals surface area contributed by atoms with Crippen molar-refractivity contribution >= 4 is 22.1 Å². The van der Waals surface area contributed by atoms with Gasteiger partial charge >= 0.3 is 0 Å². The van der Waals surface area contributed by atoms with Crippen molar-refractivity contribution < 1.29 is 4.74 Å². The van der Waals surface area contributed by atoms with Crippen LogP contribution in [0.2, 0.25) is 0 Å². The van der Waals surface area contributed by atoms with E-state index in [9.17, 15) is 0 Å². The molecule has 0 unspecified atom stereocenters. The number of methoxy groups -OCH3 is 1. The van der Waals surface area contributed by atoms with E-state index < -0.39 is 0 Å². The molecule has 0 N–H and O–H groups in total. The van der Waals surface area contributed by atoms with Crippen LogP contribution in [0.3, 0.4) is 0 Å². The summed E-state index contributed by atoms with van der Waals surface area (Å²) < 4.78 is 5.16. The first kappa shape index (κ1) is 10.5. The molecule has 0 saturated carbocycles. The molecule has 4 heteroatoms. The van der Waals surface area contributed by atoms with Gasteiger partial charge in [-0.3, -0.25) is 0 Å². The molecule has 86 valence electrons. The third kappa shape index (κ3) is 1.62. The highest BCUT2D eigenvalue weighted by Gasteiger charge is 2.03. The van der Waals surface area contributed by atoms with E-state index in [1.807, 2.05) is 24.3 Å². The van der Waals surface area contributed by atoms with E-state index in [1.165, 1.54) is 0 Å². The van der Waals surface area contributed by atoms with Crippen LogP contribution in [0.1, 0.15) is 5.56 Å². The second kappa shape index (κ2) is 3.97. The van der Waals surface area contributed by atoms with Gasteiger partial charge in [0, 0.05) is 6.07 Å². The second-order valence-electron chi connectivity index (χ2n) is 3.89. The molecule has 0 aliphatic rings. The number of benzene rings is 2. The van der Waals surface area contributed by atoms with Crippen LogP contribution in [-0.2, 0) is 0 Å². The smallest absolute Gasteiger partial charge is 0.121 e. The van der Waals surface area contributed by atoms with Gasteiger partial charge in [0.25, 0.3) is 0 Å². The molecule has 1 heterocycles. The molecule has 0 fully saturated rings. The molecule has 0 amide bonds. The zero-order valence-electron chi connectivity index (χ0n) is 9.71. The summed E-state index contributed by atoms with van der Waals surface area (Å²) in [6.45, 7) is 0. The van der Waals surface area contributed by atoms with Gasteiger partial charge in [-0.15, -0.1) is 0 Å². The first-order valence-electron chi connectivity index (χ1n) is 5.46. The Kier molecular flexibility index (Phi) is 2.31. The number of nitrogens with zero attached hydrogens (tertiary/aromatic N) is 3. The Hall–Kier alpha value is -2.67. The third-order valence-electron chi connectivity index (χ3n) is 2.77. The summed E-state index contributed by atoms with van der Waals surface area (Å²) in [6, 6.07) is 12.9. The van der Waals surface area contributed by atoms with Gasteiger partial charge in [-0.05, 0) is 30.3 Å². The van der Waals surface area contributed by atoms with Crippen molar-refractivity contribution in [2.45, 2.75) is 0 Å². The molecular weight excluding hydrogens is 226 g/mol. The summed E-state index contributed by atoms with van der Waals surface area (Å²) in [4.78, 5) is 9.00. The van der Waals surface area contributed by atoms with Gasteiger partial charge in [0.15, 0.2) is 0 Å². The summed E-state index contributed by atoms with van der Waals surface area (Å²) in [6.07, 6.45) is 0. The largest absolute Gasteiger partial charge is 0.497 e. The maximum atomic E-state index is 8.87. The standard InChI is InChI=1S/C14H9N3O/c1-18-10-3-5-12-14(7-10)17-13-6-9(8-15)2-4-11(13)16-12/h2-7H,1H3. The molecule has 0 saturated heterocycles. The lowest BCUT2D eigenvalue weighted by Gasteiger charge is -2.03. The van der Waals surface area contributed by atoms with Crippen molar-refractivity contribution in [2.24, 2.45) is 0 Å². The summed E-state index contributed by atoms with van der Waals surface area (Å²) in [5.74, 6) is 0.743. The van der Waals surface area contributed by atoms with Crippen molar-refractivity contribution in [1.82, 2.24) is 9.97 Å². The molecule has 0 bridgehead atoms. The molecule has 4 nitrogen and oxygen atoms in total. The van der Waals surface area contributed by atoms with E-state index in [4.69, 9.17) is 10.00 Å². The quantitative estimate of drug-likeness (QED) is 0.608. The average Bonchev–Trinajstić information content (AvgIpc) is 2.43. The topological polar surface area (TPSA) is 58.8 Å². The van der Waals surface area contributed by atoms with E-state index in [1.54, 1.807) is 19.2 Å². The molecular formula is C14H9N3O. The van der Waals surface area contributed by atoms with E-state index in [0.717, 1.165) is 27.8 Å². The Morgan fingerprint density at radius 1 is 0.944 bits per heavy atom. The number of rotatable bonds is 1. The molecule has 3 rings (SSSR count). The monoisotopic (exact) mass is 235 g/mol. The molecule has 0 spiro atoms. The fraction of sp³-hybridized carbons (Fsp3) is 0.0714. The van der Waals surface area contributed by atoms with Crippen molar-refractivity contribution in [3.8, 4) is 11.8 Å². The van der Waals surface area contributed by atoms with Gasteiger partial charge in [-0.1, -0.05) is 0 Å². The Balaban J connectivity index is 2.33. The number of ether oxygens (including phenoxy) is 1. The molecule has 1 aromatic heterocycles. The number of aromatic nitrogens is 2. The van der Waals surface area contributed by atoms with Gasteiger partial charge in [0.2, 0.25) is 0 Å². The maximum absolute atomic E-state index is 8.87. The maximum Gasteiger partial charge on any atom is 0.121 e. The normalized spacial score (nSPS) is 10.4. The lowest BCUT2D eigenvalue weighted by Crippen LogP contribution is -1.90. The Bertz CT molecular complexity index is 790. The van der Waals surface area contributed by atoms with E-state index >= 15 is 0 Å². The van der Waals surface area contributed by atoms with Crippen LogP contribution < -0.4 is 4.74 Å². The molecule has 3 aromatic rings. The van der Waals surface area contributed by atoms with E-state index in [0.29, 0.717) is 5.56 Å². The van der Waals surface area contributed by atoms with Crippen molar-refractivity contribution in [3.05, 3.63) is 42.0 Å². The highest BCUT2D eigenvalue weighted by Crippen LogP contribution is 2.21. The SMILES string of the molecule is COc1ccc2nc3ccc(C#N)cc3nc2c1. The summed E-state index contributed by atoms with van der Waals surface area (Å²) in [7, 11) is 1.61. The third-order valence-corrected chi connectivity index (χ3v) is 2.77. The number of fused-ring (bicyclic) bond motifs is 2. The van der Waals surface area contributed by atoms with Crippen LogP contribution in [0.25, 0.3) is 22.1 Å². The van der Waals surface area contributed by atoms with Gasteiger partial charge in [-0.2, -0.15) is 5.26 Å². The van der Waals surface area contributed by atoms with Crippen LogP contribution >= 0.6 is 0 Å². The number of hydrogen-bond acceptors (Lipinski definition) is 4. The molecule has 18 heavy (non-hydrogen) atoms. The van der Waals surface area contributed by atoms with Crippen LogP contribution in [0.5, 0.6) is 5.75 Å². The second-order valence-corrected chi connectivity index (χ2v) is 3.89. The molecule has 0 atom stereocenters. The molecule has 0 aliphatic heterocycles. The predicted octanol–water partition coefficient (Wildman–Crippen LogP) is 2.66. The zero-order chi connectivity index (χ0) is 12.5. The first-order chi connectivity index (χ1) is 8.80. The highest BCUT2D eigenvalue weighted by atomic mass is 16.5. The lowest BCUT2D eigenvalue weighted by molar-refractivity contribution is 0.415. The first-order valence-corrected chi connectivity index (χ1v) is 5.46. The zero-order valence-corrected chi connectivity index (χ0v) is 9.71. The fourth-order valence-electron chi connectivity index (χ4n) is 1.85. The Morgan fingerprint density at radius 2 is 1.61 bits per heavy atom. The van der Waals surface area contributed by atoms with E-state index in [-0.39, 0.29) is 0 Å². The average molecular weight is 235 g/mol. The molecule has 0 aliphatic carbocycles. The Morgan fingerprint density at radius 3 is 2.33 bits per heavy atom. The lowest BCUT2D eigenvalue weighted by atomic mass is 10.2. The fourth-order valence-corrected chi connectivity index (χ4v) is 1.85. The minimum Gasteiger partial charge on any atom is -0.497 e. The highest BCUT2D eigenvalue weighted by molar-refractivity contribution is 5.87. The van der Waals surface area contributed by atoms with Gasteiger partial charge in [-0.25, -0.2) is 9.97 Å². The van der Waals surface area contributed by atoms with Crippen LogP contribution in [0, 0.1) is 11.3 Å². The number of nitriles is 1. The van der Waals surface area contributed by atoms with Gasteiger partial charge in [0.1, 0.15) is 5.75 Å².